The van der Waals surface area contributed by atoms with Crippen molar-refractivity contribution in [3.05, 3.63) is 54.1 Å². The van der Waals surface area contributed by atoms with Crippen LogP contribution in [0.15, 0.2) is 48.5 Å². The summed E-state index contributed by atoms with van der Waals surface area (Å²) < 4.78 is 5.40. The molecule has 1 aliphatic heterocycles. The Morgan fingerprint density at radius 3 is 2.50 bits per heavy atom. The van der Waals surface area contributed by atoms with E-state index < -0.39 is 0 Å². The van der Waals surface area contributed by atoms with E-state index in [2.05, 4.69) is 40.0 Å². The number of ether oxygens (including phenoxy) is 1. The van der Waals surface area contributed by atoms with Gasteiger partial charge in [-0.15, -0.1) is 0 Å². The van der Waals surface area contributed by atoms with Crippen molar-refractivity contribution >= 4 is 17.1 Å². The second kappa shape index (κ2) is 7.26. The lowest BCUT2D eigenvalue weighted by molar-refractivity contribution is 0.122. The molecular weight excluding hydrogens is 278 g/mol. The molecule has 3 rings (SSSR count). The molecule has 0 spiro atoms. The van der Waals surface area contributed by atoms with Gasteiger partial charge in [-0.25, -0.2) is 5.48 Å². The fourth-order valence-electron chi connectivity index (χ4n) is 2.57. The largest absolute Gasteiger partial charge is 0.378 e. The summed E-state index contributed by atoms with van der Waals surface area (Å²) in [6.45, 7) is 3.90. The minimum Gasteiger partial charge on any atom is -0.378 e. The van der Waals surface area contributed by atoms with Gasteiger partial charge >= 0.3 is 0 Å². The lowest BCUT2D eigenvalue weighted by atomic mass is 10.2. The van der Waals surface area contributed by atoms with Crippen LogP contribution in [0.4, 0.5) is 17.1 Å². The Kier molecular flexibility index (Phi) is 4.90. The van der Waals surface area contributed by atoms with Crippen LogP contribution in [0.25, 0.3) is 0 Å². The van der Waals surface area contributed by atoms with E-state index >= 15 is 0 Å². The van der Waals surface area contributed by atoms with Crippen molar-refractivity contribution in [2.75, 3.05) is 36.5 Å². The summed E-state index contributed by atoms with van der Waals surface area (Å²) >= 11 is 0. The first kappa shape index (κ1) is 14.8. The lowest BCUT2D eigenvalue weighted by Crippen LogP contribution is -2.36. The van der Waals surface area contributed by atoms with Crippen LogP contribution in [0.1, 0.15) is 5.56 Å². The molecule has 0 atom stereocenters. The molecule has 5 heteroatoms. The second-order valence-corrected chi connectivity index (χ2v) is 5.31. The normalized spacial score (nSPS) is 14.9. The van der Waals surface area contributed by atoms with Crippen molar-refractivity contribution in [2.24, 2.45) is 0 Å². The highest BCUT2D eigenvalue weighted by atomic mass is 16.5. The SMILES string of the molecule is ONCc1ccc(Nc2cccc(N3CCOCC3)c2)cc1. The molecule has 3 N–H and O–H groups in total. The van der Waals surface area contributed by atoms with Gasteiger partial charge in [0, 0.05) is 36.7 Å². The van der Waals surface area contributed by atoms with Gasteiger partial charge < -0.3 is 20.2 Å². The van der Waals surface area contributed by atoms with Crippen molar-refractivity contribution < 1.29 is 9.94 Å². The highest BCUT2D eigenvalue weighted by Crippen LogP contribution is 2.23. The summed E-state index contributed by atoms with van der Waals surface area (Å²) in [6.07, 6.45) is 0. The molecule has 116 valence electrons. The van der Waals surface area contributed by atoms with Crippen LogP contribution in [-0.2, 0) is 11.3 Å². The van der Waals surface area contributed by atoms with Crippen molar-refractivity contribution in [1.29, 1.82) is 0 Å². The van der Waals surface area contributed by atoms with Crippen LogP contribution in [0.3, 0.4) is 0 Å². The monoisotopic (exact) mass is 299 g/mol. The van der Waals surface area contributed by atoms with Gasteiger partial charge in [-0.1, -0.05) is 18.2 Å². The second-order valence-electron chi connectivity index (χ2n) is 5.31. The summed E-state index contributed by atoms with van der Waals surface area (Å²) in [6, 6.07) is 16.4. The number of morpholine rings is 1. The summed E-state index contributed by atoms with van der Waals surface area (Å²) in [5.74, 6) is 0. The van der Waals surface area contributed by atoms with Crippen LogP contribution in [0, 0.1) is 0 Å². The number of hydrogen-bond donors (Lipinski definition) is 3. The zero-order valence-electron chi connectivity index (χ0n) is 12.5. The van der Waals surface area contributed by atoms with Gasteiger partial charge in [-0.2, -0.15) is 0 Å². The van der Waals surface area contributed by atoms with Crippen molar-refractivity contribution in [1.82, 2.24) is 5.48 Å². The minimum absolute atomic E-state index is 0.451. The van der Waals surface area contributed by atoms with Crippen molar-refractivity contribution in [3.8, 4) is 0 Å². The Labute approximate surface area is 130 Å². The first-order valence-electron chi connectivity index (χ1n) is 7.51. The average molecular weight is 299 g/mol. The minimum atomic E-state index is 0.451. The van der Waals surface area contributed by atoms with Gasteiger partial charge in [0.15, 0.2) is 0 Å². The number of benzene rings is 2. The molecule has 2 aromatic rings. The van der Waals surface area contributed by atoms with Crippen LogP contribution in [-0.4, -0.2) is 31.5 Å². The highest BCUT2D eigenvalue weighted by Gasteiger charge is 2.11. The van der Waals surface area contributed by atoms with Gasteiger partial charge in [-0.05, 0) is 35.9 Å². The van der Waals surface area contributed by atoms with Gasteiger partial charge in [0.05, 0.1) is 13.2 Å². The number of nitrogens with zero attached hydrogens (tertiary/aromatic N) is 1. The molecule has 1 fully saturated rings. The number of hydroxylamine groups is 1. The summed E-state index contributed by atoms with van der Waals surface area (Å²) in [5.41, 5.74) is 6.51. The van der Waals surface area contributed by atoms with Crippen LogP contribution in [0.2, 0.25) is 0 Å². The molecule has 1 aliphatic rings. The van der Waals surface area contributed by atoms with E-state index in [0.717, 1.165) is 43.2 Å². The Hall–Kier alpha value is -2.08. The molecule has 2 aromatic carbocycles. The number of hydrogen-bond acceptors (Lipinski definition) is 5. The number of anilines is 3. The first-order chi connectivity index (χ1) is 10.8. The number of nitrogens with one attached hydrogen (secondary N) is 2. The van der Waals surface area contributed by atoms with Gasteiger partial charge in [-0.3, -0.25) is 0 Å². The third-order valence-corrected chi connectivity index (χ3v) is 3.75. The molecule has 0 saturated carbocycles. The predicted molar refractivity (Wildman–Crippen MR) is 87.8 cm³/mol. The fourth-order valence-corrected chi connectivity index (χ4v) is 2.57. The summed E-state index contributed by atoms with van der Waals surface area (Å²) in [7, 11) is 0. The third-order valence-electron chi connectivity index (χ3n) is 3.75. The maximum Gasteiger partial charge on any atom is 0.0642 e. The van der Waals surface area contributed by atoms with E-state index in [9.17, 15) is 0 Å². The van der Waals surface area contributed by atoms with Gasteiger partial charge in [0.25, 0.3) is 0 Å². The standard InChI is InChI=1S/C17H21N3O2/c21-18-13-14-4-6-15(7-5-14)19-16-2-1-3-17(12-16)20-8-10-22-11-9-20/h1-7,12,18-19,21H,8-11,13H2. The molecule has 0 aliphatic carbocycles. The van der Waals surface area contributed by atoms with E-state index in [-0.39, 0.29) is 0 Å². The molecule has 0 bridgehead atoms. The molecule has 1 saturated heterocycles. The van der Waals surface area contributed by atoms with Gasteiger partial charge in [0.1, 0.15) is 0 Å². The molecule has 0 aromatic heterocycles. The van der Waals surface area contributed by atoms with Gasteiger partial charge in [0.2, 0.25) is 0 Å². The van der Waals surface area contributed by atoms with Crippen LogP contribution >= 0.6 is 0 Å². The smallest absolute Gasteiger partial charge is 0.0642 e. The number of rotatable bonds is 5. The Balaban J connectivity index is 1.69. The maximum absolute atomic E-state index is 8.70. The Bertz CT molecular complexity index is 595. The molecule has 1 heterocycles. The maximum atomic E-state index is 8.70. The fraction of sp³-hybridized carbons (Fsp3) is 0.294. The lowest BCUT2D eigenvalue weighted by Gasteiger charge is -2.29. The van der Waals surface area contributed by atoms with E-state index in [0.29, 0.717) is 6.54 Å². The van der Waals surface area contributed by atoms with Crippen molar-refractivity contribution in [3.63, 3.8) is 0 Å². The van der Waals surface area contributed by atoms with E-state index in [1.165, 1.54) is 5.69 Å². The molecule has 5 nitrogen and oxygen atoms in total. The Morgan fingerprint density at radius 1 is 1.00 bits per heavy atom. The third kappa shape index (κ3) is 3.76. The average Bonchev–Trinajstić information content (AvgIpc) is 2.58. The van der Waals surface area contributed by atoms with Crippen LogP contribution in [0.5, 0.6) is 0 Å². The highest BCUT2D eigenvalue weighted by molar-refractivity contribution is 5.65. The molecular formula is C17H21N3O2. The van der Waals surface area contributed by atoms with Crippen LogP contribution < -0.4 is 15.7 Å². The quantitative estimate of drug-likeness (QED) is 0.741. The zero-order chi connectivity index (χ0) is 15.2. The molecule has 0 unspecified atom stereocenters. The Morgan fingerprint density at radius 2 is 1.77 bits per heavy atom. The molecule has 0 amide bonds. The summed E-state index contributed by atoms with van der Waals surface area (Å²) in [4.78, 5) is 2.34. The van der Waals surface area contributed by atoms with E-state index in [1.807, 2.05) is 24.3 Å². The first-order valence-corrected chi connectivity index (χ1v) is 7.51. The van der Waals surface area contributed by atoms with E-state index in [4.69, 9.17) is 9.94 Å². The zero-order valence-corrected chi connectivity index (χ0v) is 12.5. The molecule has 22 heavy (non-hydrogen) atoms. The van der Waals surface area contributed by atoms with E-state index in [1.54, 1.807) is 0 Å². The topological polar surface area (TPSA) is 56.8 Å². The molecule has 0 radical (unpaired) electrons. The predicted octanol–water partition coefficient (Wildman–Crippen LogP) is 2.75. The summed E-state index contributed by atoms with van der Waals surface area (Å²) in [5, 5.41) is 12.1. The van der Waals surface area contributed by atoms with Crippen molar-refractivity contribution in [2.45, 2.75) is 6.54 Å².